The van der Waals surface area contributed by atoms with E-state index in [0.29, 0.717) is 0 Å². The highest BCUT2D eigenvalue weighted by Crippen LogP contribution is 2.29. The number of aromatic nitrogens is 2. The van der Waals surface area contributed by atoms with E-state index in [9.17, 15) is 14.0 Å². The summed E-state index contributed by atoms with van der Waals surface area (Å²) in [5.41, 5.74) is -0.314. The number of methoxy groups -OCH3 is 1. The van der Waals surface area contributed by atoms with Crippen molar-refractivity contribution in [3.63, 3.8) is 0 Å². The van der Waals surface area contributed by atoms with Gasteiger partial charge in [-0.3, -0.25) is 5.10 Å². The average molecular weight is 280 g/mol. The summed E-state index contributed by atoms with van der Waals surface area (Å²) in [6, 6.07) is 3.36. The first-order valence-corrected chi connectivity index (χ1v) is 5.34. The van der Waals surface area contributed by atoms with Gasteiger partial charge in [0.25, 0.3) is 0 Å². The molecule has 0 radical (unpaired) electrons. The predicted molar refractivity (Wildman–Crippen MR) is 64.5 cm³/mol. The molecular formula is C12H9FN2O5. The first-order chi connectivity index (χ1) is 9.43. The molecule has 0 aliphatic heterocycles. The van der Waals surface area contributed by atoms with Crippen LogP contribution in [0.2, 0.25) is 0 Å². The molecule has 0 spiro atoms. The molecule has 0 atom stereocenters. The first kappa shape index (κ1) is 13.5. The van der Waals surface area contributed by atoms with E-state index >= 15 is 0 Å². The van der Waals surface area contributed by atoms with E-state index in [1.165, 1.54) is 6.07 Å². The third-order valence-corrected chi connectivity index (χ3v) is 2.58. The van der Waals surface area contributed by atoms with Gasteiger partial charge in [-0.1, -0.05) is 0 Å². The molecule has 0 saturated carbocycles. The highest BCUT2D eigenvalue weighted by molar-refractivity contribution is 5.93. The highest BCUT2D eigenvalue weighted by atomic mass is 19.1. The van der Waals surface area contributed by atoms with Crippen LogP contribution in [-0.4, -0.2) is 39.5 Å². The van der Waals surface area contributed by atoms with Gasteiger partial charge in [0.2, 0.25) is 0 Å². The molecule has 3 N–H and O–H groups in total. The maximum Gasteiger partial charge on any atom is 0.353 e. The van der Waals surface area contributed by atoms with Crippen molar-refractivity contribution >= 4 is 11.9 Å². The van der Waals surface area contributed by atoms with Crippen LogP contribution in [0.25, 0.3) is 11.3 Å². The van der Waals surface area contributed by atoms with E-state index < -0.39 is 23.5 Å². The quantitative estimate of drug-likeness (QED) is 0.784. The lowest BCUT2D eigenvalue weighted by molar-refractivity contribution is 0.0680. The molecule has 1 aromatic heterocycles. The Morgan fingerprint density at radius 1 is 1.25 bits per heavy atom. The maximum atomic E-state index is 13.8. The lowest BCUT2D eigenvalue weighted by atomic mass is 10.1. The van der Waals surface area contributed by atoms with Gasteiger partial charge in [-0.15, -0.1) is 0 Å². The Morgan fingerprint density at radius 2 is 1.95 bits per heavy atom. The zero-order valence-corrected chi connectivity index (χ0v) is 10.2. The molecule has 20 heavy (non-hydrogen) atoms. The number of aromatic amines is 1. The van der Waals surface area contributed by atoms with E-state index in [1.807, 2.05) is 0 Å². The fourth-order valence-corrected chi connectivity index (χ4v) is 1.69. The van der Waals surface area contributed by atoms with E-state index in [1.54, 1.807) is 0 Å². The molecule has 2 rings (SSSR count). The summed E-state index contributed by atoms with van der Waals surface area (Å²) in [5.74, 6) is -3.86. The zero-order chi connectivity index (χ0) is 14.9. The zero-order valence-electron chi connectivity index (χ0n) is 10.2. The number of rotatable bonds is 4. The molecule has 1 aromatic carbocycles. The molecule has 0 unspecified atom stereocenters. The third kappa shape index (κ3) is 2.30. The minimum Gasteiger partial charge on any atom is -0.493 e. The van der Waals surface area contributed by atoms with Crippen molar-refractivity contribution in [1.29, 1.82) is 0 Å². The van der Waals surface area contributed by atoms with Gasteiger partial charge in [0.1, 0.15) is 11.3 Å². The number of carboxylic acid groups (broad SMARTS) is 2. The van der Waals surface area contributed by atoms with Crippen LogP contribution >= 0.6 is 0 Å². The first-order valence-electron chi connectivity index (χ1n) is 5.34. The van der Waals surface area contributed by atoms with Gasteiger partial charge in [0.15, 0.2) is 11.6 Å². The summed E-state index contributed by atoms with van der Waals surface area (Å²) in [7, 11) is 1.15. The molecule has 8 heteroatoms. The molecule has 104 valence electrons. The van der Waals surface area contributed by atoms with Crippen molar-refractivity contribution in [3.8, 4) is 17.0 Å². The van der Waals surface area contributed by atoms with Crippen molar-refractivity contribution in [1.82, 2.24) is 10.2 Å². The van der Waals surface area contributed by atoms with Crippen molar-refractivity contribution in [2.45, 2.75) is 0 Å². The smallest absolute Gasteiger partial charge is 0.353 e. The Bertz CT molecular complexity index is 695. The number of nitrogens with zero attached hydrogens (tertiary/aromatic N) is 1. The number of H-pyrrole nitrogens is 1. The predicted octanol–water partition coefficient (Wildman–Crippen LogP) is 1.62. The van der Waals surface area contributed by atoms with Gasteiger partial charge in [-0.2, -0.15) is 5.10 Å². The van der Waals surface area contributed by atoms with Crippen LogP contribution in [0.15, 0.2) is 18.2 Å². The van der Waals surface area contributed by atoms with Gasteiger partial charge in [0, 0.05) is 5.56 Å². The Morgan fingerprint density at radius 3 is 2.45 bits per heavy atom. The number of carboxylic acids is 2. The van der Waals surface area contributed by atoms with Gasteiger partial charge < -0.3 is 14.9 Å². The molecule has 0 fully saturated rings. The molecule has 0 bridgehead atoms. The summed E-state index contributed by atoms with van der Waals surface area (Å²) in [6.45, 7) is 0. The largest absolute Gasteiger partial charge is 0.493 e. The number of benzene rings is 1. The number of carbonyl (C=O) groups is 2. The number of hydrogen-bond donors (Lipinski definition) is 3. The van der Waals surface area contributed by atoms with Crippen LogP contribution in [0.1, 0.15) is 20.8 Å². The Hall–Kier alpha value is -2.90. The van der Waals surface area contributed by atoms with Crippen molar-refractivity contribution in [2.75, 3.05) is 7.11 Å². The van der Waals surface area contributed by atoms with Crippen molar-refractivity contribution in [3.05, 3.63) is 35.3 Å². The van der Waals surface area contributed by atoms with E-state index in [0.717, 1.165) is 19.2 Å². The lowest BCUT2D eigenvalue weighted by Crippen LogP contribution is -2.03. The monoisotopic (exact) mass is 280 g/mol. The molecule has 0 aliphatic carbocycles. The normalized spacial score (nSPS) is 10.3. The Kier molecular flexibility index (Phi) is 3.38. The van der Waals surface area contributed by atoms with Gasteiger partial charge in [0.05, 0.1) is 12.8 Å². The standard InChI is InChI=1S/C12H9FN2O5/c1-20-10-6(11(16)17)2-5(3-7(10)13)8-4-9(12(18)19)15-14-8/h2-4H,1H3,(H,14,15)(H,16,17)(H,18,19). The number of ether oxygens (including phenoxy) is 1. The maximum absolute atomic E-state index is 13.8. The van der Waals surface area contributed by atoms with Gasteiger partial charge in [-0.25, -0.2) is 14.0 Å². The van der Waals surface area contributed by atoms with Crippen LogP contribution in [-0.2, 0) is 0 Å². The molecule has 0 amide bonds. The van der Waals surface area contributed by atoms with Crippen LogP contribution in [0.4, 0.5) is 4.39 Å². The lowest BCUT2D eigenvalue weighted by Gasteiger charge is -2.07. The summed E-state index contributed by atoms with van der Waals surface area (Å²) < 4.78 is 18.5. The summed E-state index contributed by atoms with van der Waals surface area (Å²) in [5, 5.41) is 23.7. The van der Waals surface area contributed by atoms with E-state index in [4.69, 9.17) is 14.9 Å². The van der Waals surface area contributed by atoms with E-state index in [2.05, 4.69) is 10.2 Å². The van der Waals surface area contributed by atoms with Crippen LogP contribution in [0.5, 0.6) is 5.75 Å². The van der Waals surface area contributed by atoms with Crippen LogP contribution in [0.3, 0.4) is 0 Å². The average Bonchev–Trinajstić information content (AvgIpc) is 2.87. The molecule has 2 aromatic rings. The topological polar surface area (TPSA) is 113 Å². The highest BCUT2D eigenvalue weighted by Gasteiger charge is 2.19. The minimum atomic E-state index is -1.36. The number of halogens is 1. The number of hydrogen-bond acceptors (Lipinski definition) is 4. The Labute approximate surface area is 111 Å². The third-order valence-electron chi connectivity index (χ3n) is 2.58. The minimum absolute atomic E-state index is 0.117. The van der Waals surface area contributed by atoms with Crippen molar-refractivity contribution < 1.29 is 28.9 Å². The fourth-order valence-electron chi connectivity index (χ4n) is 1.69. The number of nitrogens with one attached hydrogen (secondary N) is 1. The summed E-state index contributed by atoms with van der Waals surface area (Å²) in [6.07, 6.45) is 0. The molecule has 1 heterocycles. The van der Waals surface area contributed by atoms with Crippen molar-refractivity contribution in [2.24, 2.45) is 0 Å². The van der Waals surface area contributed by atoms with Crippen LogP contribution < -0.4 is 4.74 Å². The summed E-state index contributed by atoms with van der Waals surface area (Å²) in [4.78, 5) is 21.8. The molecule has 0 aliphatic rings. The Balaban J connectivity index is 2.57. The van der Waals surface area contributed by atoms with Gasteiger partial charge >= 0.3 is 11.9 Å². The SMILES string of the molecule is COc1c(F)cc(-c2cc(C(=O)O)[nH]n2)cc1C(=O)O. The second kappa shape index (κ2) is 5.00. The molecular weight excluding hydrogens is 271 g/mol. The second-order valence-electron chi connectivity index (χ2n) is 3.82. The van der Waals surface area contributed by atoms with Gasteiger partial charge in [-0.05, 0) is 18.2 Å². The fraction of sp³-hybridized carbons (Fsp3) is 0.0833. The molecule has 0 saturated heterocycles. The second-order valence-corrected chi connectivity index (χ2v) is 3.82. The summed E-state index contributed by atoms with van der Waals surface area (Å²) >= 11 is 0. The molecule has 7 nitrogen and oxygen atoms in total. The van der Waals surface area contributed by atoms with E-state index in [-0.39, 0.29) is 22.5 Å². The van der Waals surface area contributed by atoms with Crippen LogP contribution in [0, 0.1) is 5.82 Å². The number of aromatic carboxylic acids is 2.